The van der Waals surface area contributed by atoms with E-state index < -0.39 is 0 Å². The zero-order chi connectivity index (χ0) is 18.9. The molecule has 0 N–H and O–H groups in total. The molecule has 0 amide bonds. The monoisotopic (exact) mass is 454 g/mol. The summed E-state index contributed by atoms with van der Waals surface area (Å²) in [5.74, 6) is 1.22. The summed E-state index contributed by atoms with van der Waals surface area (Å²) in [6.45, 7) is 1.68. The largest absolute Gasteiger partial charge is 0.419 e. The lowest BCUT2D eigenvalue weighted by Gasteiger charge is -2.33. The number of halogens is 1. The van der Waals surface area contributed by atoms with E-state index in [0.29, 0.717) is 24.4 Å². The Hall–Kier alpha value is -2.09. The molecule has 3 heterocycles. The number of rotatable bonds is 4. The predicted octanol–water partition coefficient (Wildman–Crippen LogP) is 5.84. The minimum Gasteiger partial charge on any atom is -0.419 e. The van der Waals surface area contributed by atoms with Crippen molar-refractivity contribution in [3.05, 3.63) is 63.9 Å². The van der Waals surface area contributed by atoms with Crippen molar-refractivity contribution in [2.75, 3.05) is 6.54 Å². The highest BCUT2D eigenvalue weighted by Gasteiger charge is 2.28. The summed E-state index contributed by atoms with van der Waals surface area (Å²) in [5.41, 5.74) is 2.02. The van der Waals surface area contributed by atoms with Gasteiger partial charge in [0.05, 0.1) is 22.8 Å². The van der Waals surface area contributed by atoms with Gasteiger partial charge in [-0.3, -0.25) is 4.90 Å². The van der Waals surface area contributed by atoms with E-state index >= 15 is 0 Å². The number of para-hydroxylation sites is 1. The van der Waals surface area contributed by atoms with Gasteiger partial charge in [0.2, 0.25) is 11.8 Å². The van der Waals surface area contributed by atoms with E-state index in [1.54, 1.807) is 11.3 Å². The number of hydrogen-bond acceptors (Lipinski definition) is 6. The Kier molecular flexibility index (Phi) is 4.96. The predicted molar refractivity (Wildman–Crippen MR) is 114 cm³/mol. The highest BCUT2D eigenvalue weighted by molar-refractivity contribution is 9.10. The molecule has 0 bridgehead atoms. The van der Waals surface area contributed by atoms with E-state index in [1.165, 1.54) is 22.5 Å². The molecule has 1 atom stereocenters. The minimum absolute atomic E-state index is 0.314. The second-order valence-corrected chi connectivity index (χ2v) is 8.99. The van der Waals surface area contributed by atoms with Crippen molar-refractivity contribution in [3.8, 4) is 11.5 Å². The Morgan fingerprint density at radius 3 is 2.79 bits per heavy atom. The number of nitrogens with zero attached hydrogens (tertiary/aromatic N) is 4. The number of aromatic nitrogens is 3. The lowest BCUT2D eigenvalue weighted by Crippen LogP contribution is -2.33. The van der Waals surface area contributed by atoms with Crippen LogP contribution in [-0.4, -0.2) is 26.6 Å². The van der Waals surface area contributed by atoms with Gasteiger partial charge >= 0.3 is 0 Å². The maximum atomic E-state index is 5.96. The summed E-state index contributed by atoms with van der Waals surface area (Å²) in [6, 6.07) is 16.6. The molecule has 5 nitrogen and oxygen atoms in total. The molecular weight excluding hydrogens is 436 g/mol. The molecule has 28 heavy (non-hydrogen) atoms. The Bertz CT molecular complexity index is 1060. The molecule has 4 aromatic rings. The van der Waals surface area contributed by atoms with Gasteiger partial charge < -0.3 is 4.42 Å². The highest BCUT2D eigenvalue weighted by atomic mass is 79.9. The molecule has 1 aliphatic heterocycles. The maximum absolute atomic E-state index is 5.96. The Morgan fingerprint density at radius 1 is 1.07 bits per heavy atom. The summed E-state index contributed by atoms with van der Waals surface area (Å²) in [4.78, 5) is 7.33. The first-order chi connectivity index (χ1) is 13.8. The molecule has 142 valence electrons. The second kappa shape index (κ2) is 7.73. The van der Waals surface area contributed by atoms with E-state index in [9.17, 15) is 0 Å². The average molecular weight is 455 g/mol. The lowest BCUT2D eigenvalue weighted by atomic mass is 10.0. The van der Waals surface area contributed by atoms with Gasteiger partial charge in [-0.1, -0.05) is 34.5 Å². The van der Waals surface area contributed by atoms with Crippen molar-refractivity contribution in [1.82, 2.24) is 20.1 Å². The van der Waals surface area contributed by atoms with Crippen molar-refractivity contribution < 1.29 is 4.42 Å². The van der Waals surface area contributed by atoms with E-state index in [1.807, 2.05) is 30.3 Å². The van der Waals surface area contributed by atoms with Crippen LogP contribution in [0.3, 0.4) is 0 Å². The first-order valence-electron chi connectivity index (χ1n) is 9.44. The molecule has 0 saturated carbocycles. The number of fused-ring (bicyclic) bond motifs is 1. The van der Waals surface area contributed by atoms with Crippen LogP contribution in [0.15, 0.2) is 57.4 Å². The van der Waals surface area contributed by atoms with Gasteiger partial charge in [-0.2, -0.15) is 0 Å². The average Bonchev–Trinajstić information content (AvgIpc) is 3.36. The smallest absolute Gasteiger partial charge is 0.247 e. The van der Waals surface area contributed by atoms with Gasteiger partial charge in [-0.05, 0) is 55.8 Å². The third-order valence-corrected chi connectivity index (χ3v) is 6.77. The van der Waals surface area contributed by atoms with Gasteiger partial charge in [0.15, 0.2) is 0 Å². The molecule has 1 saturated heterocycles. The van der Waals surface area contributed by atoms with Crippen molar-refractivity contribution >= 4 is 37.5 Å². The Labute approximate surface area is 175 Å². The molecule has 0 aliphatic carbocycles. The van der Waals surface area contributed by atoms with Gasteiger partial charge in [0.1, 0.15) is 5.01 Å². The molecule has 2 aromatic heterocycles. The second-order valence-electron chi connectivity index (χ2n) is 7.01. The SMILES string of the molecule is Brc1ccc(-c2nnc(CN3CCCC[C@H]3c3nc4ccccc4s3)o2)cc1. The summed E-state index contributed by atoms with van der Waals surface area (Å²) in [5, 5.41) is 9.72. The molecule has 1 aliphatic rings. The number of hydrogen-bond donors (Lipinski definition) is 0. The van der Waals surface area contributed by atoms with Crippen molar-refractivity contribution in [2.24, 2.45) is 0 Å². The third-order valence-electron chi connectivity index (χ3n) is 5.11. The summed E-state index contributed by atoms with van der Waals surface area (Å²) in [6.07, 6.45) is 3.54. The molecule has 1 fully saturated rings. The van der Waals surface area contributed by atoms with E-state index in [0.717, 1.165) is 28.5 Å². The zero-order valence-corrected chi connectivity index (χ0v) is 17.6. The number of benzene rings is 2. The number of thiazole rings is 1. The van der Waals surface area contributed by atoms with Gasteiger partial charge in [0, 0.05) is 10.0 Å². The van der Waals surface area contributed by atoms with Crippen LogP contribution in [-0.2, 0) is 6.54 Å². The molecule has 2 aromatic carbocycles. The van der Waals surface area contributed by atoms with Crippen LogP contribution in [0, 0.1) is 0 Å². The fourth-order valence-electron chi connectivity index (χ4n) is 3.69. The summed E-state index contributed by atoms with van der Waals surface area (Å²) >= 11 is 5.25. The van der Waals surface area contributed by atoms with Crippen LogP contribution >= 0.6 is 27.3 Å². The molecule has 5 rings (SSSR count). The van der Waals surface area contributed by atoms with E-state index in [-0.39, 0.29) is 0 Å². The van der Waals surface area contributed by atoms with E-state index in [2.05, 4.69) is 49.2 Å². The van der Waals surface area contributed by atoms with Crippen LogP contribution in [0.4, 0.5) is 0 Å². The van der Waals surface area contributed by atoms with Crippen molar-refractivity contribution in [1.29, 1.82) is 0 Å². The quantitative estimate of drug-likeness (QED) is 0.387. The molecule has 0 radical (unpaired) electrons. The molecule has 0 spiro atoms. The Balaban J connectivity index is 1.38. The van der Waals surface area contributed by atoms with Crippen LogP contribution in [0.25, 0.3) is 21.7 Å². The van der Waals surface area contributed by atoms with Crippen molar-refractivity contribution in [2.45, 2.75) is 31.8 Å². The molecular formula is C21H19BrN4OS. The fourth-order valence-corrected chi connectivity index (χ4v) is 5.09. The van der Waals surface area contributed by atoms with Crippen LogP contribution < -0.4 is 0 Å². The maximum Gasteiger partial charge on any atom is 0.247 e. The Morgan fingerprint density at radius 2 is 1.93 bits per heavy atom. The highest BCUT2D eigenvalue weighted by Crippen LogP contribution is 2.36. The van der Waals surface area contributed by atoms with Crippen LogP contribution in [0.2, 0.25) is 0 Å². The first-order valence-corrected chi connectivity index (χ1v) is 11.0. The van der Waals surface area contributed by atoms with Crippen LogP contribution in [0.1, 0.15) is 36.2 Å². The summed E-state index contributed by atoms with van der Waals surface area (Å²) < 4.78 is 8.24. The standard InChI is InChI=1S/C21H19BrN4OS/c22-15-10-8-14(9-11-15)20-25-24-19(27-20)13-26-12-4-3-6-17(26)21-23-16-5-1-2-7-18(16)28-21/h1-2,5,7-11,17H,3-4,6,12-13H2/t17-/m0/s1. The lowest BCUT2D eigenvalue weighted by molar-refractivity contribution is 0.128. The van der Waals surface area contributed by atoms with Crippen LogP contribution in [0.5, 0.6) is 0 Å². The first kappa shape index (κ1) is 18.0. The van der Waals surface area contributed by atoms with E-state index in [4.69, 9.17) is 9.40 Å². The topological polar surface area (TPSA) is 55.1 Å². The molecule has 0 unspecified atom stereocenters. The number of likely N-dealkylation sites (tertiary alicyclic amines) is 1. The third kappa shape index (κ3) is 3.62. The zero-order valence-electron chi connectivity index (χ0n) is 15.2. The van der Waals surface area contributed by atoms with Gasteiger partial charge in [-0.25, -0.2) is 4.98 Å². The fraction of sp³-hybridized carbons (Fsp3) is 0.286. The van der Waals surface area contributed by atoms with Gasteiger partial charge in [0.25, 0.3) is 0 Å². The van der Waals surface area contributed by atoms with Crippen molar-refractivity contribution in [3.63, 3.8) is 0 Å². The number of piperidine rings is 1. The molecule has 7 heteroatoms. The van der Waals surface area contributed by atoms with Gasteiger partial charge in [-0.15, -0.1) is 21.5 Å². The minimum atomic E-state index is 0.314. The normalized spacial score (nSPS) is 18.0. The summed E-state index contributed by atoms with van der Waals surface area (Å²) in [7, 11) is 0.